The molecule has 3 nitrogen and oxygen atoms in total. The van der Waals surface area contributed by atoms with Crippen LogP contribution in [0.15, 0.2) is 24.3 Å². The molecule has 0 aliphatic carbocycles. The summed E-state index contributed by atoms with van der Waals surface area (Å²) in [5.74, 6) is -0.912. The van der Waals surface area contributed by atoms with Gasteiger partial charge in [-0.1, -0.05) is 78.1 Å². The van der Waals surface area contributed by atoms with Crippen molar-refractivity contribution in [2.24, 2.45) is 0 Å². The average Bonchev–Trinajstić information content (AvgIpc) is 2.51. The molecule has 1 rings (SSSR count). The van der Waals surface area contributed by atoms with E-state index in [0.717, 1.165) is 0 Å². The van der Waals surface area contributed by atoms with Crippen molar-refractivity contribution < 1.29 is 15.0 Å². The highest BCUT2D eigenvalue weighted by Gasteiger charge is 1.99. The number of phenols is 1. The lowest BCUT2D eigenvalue weighted by molar-refractivity contribution is 0.0697. The SMILES string of the molecule is CCCCCCCCCCCC.O=C(O)c1ccc(O)cc1. The Morgan fingerprint density at radius 1 is 0.773 bits per heavy atom. The fourth-order valence-corrected chi connectivity index (χ4v) is 2.16. The number of phenolic OH excluding ortho intramolecular Hbond substituents is 1. The Hall–Kier alpha value is -1.51. The molecule has 0 spiro atoms. The van der Waals surface area contributed by atoms with Gasteiger partial charge in [-0.15, -0.1) is 0 Å². The topological polar surface area (TPSA) is 57.5 Å². The zero-order valence-electron chi connectivity index (χ0n) is 14.2. The first kappa shape index (κ1) is 20.5. The van der Waals surface area contributed by atoms with Gasteiger partial charge in [0.15, 0.2) is 0 Å². The molecule has 3 heteroatoms. The first-order valence-corrected chi connectivity index (χ1v) is 8.64. The van der Waals surface area contributed by atoms with Crippen LogP contribution in [0.1, 0.15) is 88.4 Å². The summed E-state index contributed by atoms with van der Waals surface area (Å²) >= 11 is 0. The second-order valence-corrected chi connectivity index (χ2v) is 5.68. The molecule has 0 aliphatic heterocycles. The maximum Gasteiger partial charge on any atom is 0.335 e. The van der Waals surface area contributed by atoms with Gasteiger partial charge < -0.3 is 10.2 Å². The molecule has 0 saturated heterocycles. The predicted molar refractivity (Wildman–Crippen MR) is 92.6 cm³/mol. The van der Waals surface area contributed by atoms with Crippen molar-refractivity contribution in [2.45, 2.75) is 78.1 Å². The number of carbonyl (C=O) groups is 1. The first-order valence-electron chi connectivity index (χ1n) is 8.64. The lowest BCUT2D eigenvalue weighted by atomic mass is 10.1. The van der Waals surface area contributed by atoms with E-state index in [-0.39, 0.29) is 11.3 Å². The van der Waals surface area contributed by atoms with Crippen LogP contribution in [0.2, 0.25) is 0 Å². The minimum Gasteiger partial charge on any atom is -0.508 e. The summed E-state index contributed by atoms with van der Waals surface area (Å²) in [6.45, 7) is 4.56. The zero-order chi connectivity index (χ0) is 16.6. The minimum absolute atomic E-state index is 0.0741. The number of carboxylic acids is 1. The van der Waals surface area contributed by atoms with Crippen LogP contribution >= 0.6 is 0 Å². The molecular formula is C19H32O3. The van der Waals surface area contributed by atoms with E-state index in [2.05, 4.69) is 13.8 Å². The molecule has 22 heavy (non-hydrogen) atoms. The molecule has 0 amide bonds. The number of carboxylic acid groups (broad SMARTS) is 1. The highest BCUT2D eigenvalue weighted by atomic mass is 16.4. The van der Waals surface area contributed by atoms with Gasteiger partial charge in [0.25, 0.3) is 0 Å². The first-order chi connectivity index (χ1) is 10.6. The van der Waals surface area contributed by atoms with E-state index < -0.39 is 5.97 Å². The summed E-state index contributed by atoms with van der Waals surface area (Å²) < 4.78 is 0. The van der Waals surface area contributed by atoms with E-state index in [1.54, 1.807) is 0 Å². The van der Waals surface area contributed by atoms with Crippen LogP contribution in [0.3, 0.4) is 0 Å². The van der Waals surface area contributed by atoms with E-state index in [4.69, 9.17) is 10.2 Å². The van der Waals surface area contributed by atoms with Crippen molar-refractivity contribution in [1.82, 2.24) is 0 Å². The predicted octanol–water partition coefficient (Wildman–Crippen LogP) is 6.02. The van der Waals surface area contributed by atoms with Crippen LogP contribution in [0.5, 0.6) is 5.75 Å². The van der Waals surface area contributed by atoms with Crippen molar-refractivity contribution in [3.8, 4) is 5.75 Å². The minimum atomic E-state index is -0.986. The average molecular weight is 308 g/mol. The third kappa shape index (κ3) is 12.2. The van der Waals surface area contributed by atoms with Crippen molar-refractivity contribution in [3.63, 3.8) is 0 Å². The van der Waals surface area contributed by atoms with E-state index in [9.17, 15) is 4.79 Å². The fraction of sp³-hybridized carbons (Fsp3) is 0.632. The lowest BCUT2D eigenvalue weighted by Gasteiger charge is -1.99. The van der Waals surface area contributed by atoms with E-state index in [0.29, 0.717) is 0 Å². The maximum absolute atomic E-state index is 10.2. The zero-order valence-corrected chi connectivity index (χ0v) is 14.2. The van der Waals surface area contributed by atoms with Gasteiger partial charge >= 0.3 is 5.97 Å². The highest BCUT2D eigenvalue weighted by molar-refractivity contribution is 5.87. The largest absolute Gasteiger partial charge is 0.508 e. The number of aromatic hydroxyl groups is 1. The van der Waals surface area contributed by atoms with Crippen molar-refractivity contribution in [3.05, 3.63) is 29.8 Å². The third-order valence-corrected chi connectivity index (χ3v) is 3.57. The Balaban J connectivity index is 0.000000406. The lowest BCUT2D eigenvalue weighted by Crippen LogP contribution is -1.93. The number of hydrogen-bond acceptors (Lipinski definition) is 2. The molecule has 0 aliphatic rings. The standard InChI is InChI=1S/C12H26.C7H6O3/c1-3-5-7-9-11-12-10-8-6-4-2;8-6-3-1-5(2-4-6)7(9)10/h3-12H2,1-2H3;1-4,8H,(H,9,10). The molecule has 0 saturated carbocycles. The normalized spacial score (nSPS) is 9.91. The number of aromatic carboxylic acids is 1. The van der Waals surface area contributed by atoms with Crippen molar-refractivity contribution >= 4 is 5.97 Å². The number of benzene rings is 1. The maximum atomic E-state index is 10.2. The Morgan fingerprint density at radius 2 is 1.14 bits per heavy atom. The number of rotatable bonds is 10. The van der Waals surface area contributed by atoms with Crippen LogP contribution in [-0.2, 0) is 0 Å². The molecule has 0 radical (unpaired) electrons. The van der Waals surface area contributed by atoms with Crippen LogP contribution in [0.4, 0.5) is 0 Å². The molecule has 0 heterocycles. The number of unbranched alkanes of at least 4 members (excludes halogenated alkanes) is 9. The highest BCUT2D eigenvalue weighted by Crippen LogP contribution is 2.10. The van der Waals surface area contributed by atoms with Gasteiger partial charge in [0.05, 0.1) is 5.56 Å². The molecule has 0 fully saturated rings. The summed E-state index contributed by atoms with van der Waals surface area (Å²) in [5, 5.41) is 17.1. The van der Waals surface area contributed by atoms with Crippen LogP contribution < -0.4 is 0 Å². The second kappa shape index (κ2) is 14.4. The smallest absolute Gasteiger partial charge is 0.335 e. The summed E-state index contributed by atoms with van der Waals surface area (Å²) in [5.41, 5.74) is 0.179. The van der Waals surface area contributed by atoms with Gasteiger partial charge in [-0.25, -0.2) is 4.79 Å². The molecule has 0 atom stereocenters. The van der Waals surface area contributed by atoms with Gasteiger partial charge in [-0.2, -0.15) is 0 Å². The Labute approximate surface area is 135 Å². The second-order valence-electron chi connectivity index (χ2n) is 5.68. The molecule has 0 bridgehead atoms. The summed E-state index contributed by atoms with van der Waals surface area (Å²) in [6, 6.07) is 5.36. The van der Waals surface area contributed by atoms with Crippen molar-refractivity contribution in [2.75, 3.05) is 0 Å². The molecule has 126 valence electrons. The molecule has 1 aromatic rings. The van der Waals surface area contributed by atoms with Crippen LogP contribution in [-0.4, -0.2) is 16.2 Å². The van der Waals surface area contributed by atoms with Gasteiger partial charge in [0, 0.05) is 0 Å². The van der Waals surface area contributed by atoms with E-state index >= 15 is 0 Å². The van der Waals surface area contributed by atoms with Gasteiger partial charge in [0.1, 0.15) is 5.75 Å². The number of hydrogen-bond donors (Lipinski definition) is 2. The Bertz CT molecular complexity index is 361. The molecular weight excluding hydrogens is 276 g/mol. The Kier molecular flexibility index (Phi) is 13.4. The fourth-order valence-electron chi connectivity index (χ4n) is 2.16. The molecule has 0 aromatic heterocycles. The molecule has 0 unspecified atom stereocenters. The van der Waals surface area contributed by atoms with Gasteiger partial charge in [0.2, 0.25) is 0 Å². The monoisotopic (exact) mass is 308 g/mol. The van der Waals surface area contributed by atoms with Crippen LogP contribution in [0, 0.1) is 0 Å². The molecule has 1 aromatic carbocycles. The van der Waals surface area contributed by atoms with Crippen LogP contribution in [0.25, 0.3) is 0 Å². The quantitative estimate of drug-likeness (QED) is 0.520. The third-order valence-electron chi connectivity index (χ3n) is 3.57. The van der Waals surface area contributed by atoms with Gasteiger partial charge in [-0.3, -0.25) is 0 Å². The summed E-state index contributed by atoms with van der Waals surface area (Å²) in [6.07, 6.45) is 14.4. The Morgan fingerprint density at radius 3 is 1.45 bits per heavy atom. The van der Waals surface area contributed by atoms with Gasteiger partial charge in [-0.05, 0) is 24.3 Å². The van der Waals surface area contributed by atoms with E-state index in [1.165, 1.54) is 88.5 Å². The van der Waals surface area contributed by atoms with E-state index in [1.807, 2.05) is 0 Å². The molecule has 2 N–H and O–H groups in total. The van der Waals surface area contributed by atoms with Crippen molar-refractivity contribution in [1.29, 1.82) is 0 Å². The summed E-state index contributed by atoms with van der Waals surface area (Å²) in [7, 11) is 0. The summed E-state index contributed by atoms with van der Waals surface area (Å²) in [4.78, 5) is 10.2.